The summed E-state index contributed by atoms with van der Waals surface area (Å²) in [4.78, 5) is 6.44. The number of benzene rings is 1. The maximum absolute atomic E-state index is 6.11. The number of hydrogen-bond donors (Lipinski definition) is 1. The van der Waals surface area contributed by atoms with Gasteiger partial charge in [0.1, 0.15) is 23.9 Å². The van der Waals surface area contributed by atoms with E-state index in [9.17, 15) is 0 Å². The first-order chi connectivity index (χ1) is 14.7. The van der Waals surface area contributed by atoms with Gasteiger partial charge in [-0.15, -0.1) is 5.10 Å². The van der Waals surface area contributed by atoms with Crippen LogP contribution in [0.25, 0.3) is 11.4 Å². The molecule has 1 N–H and O–H groups in total. The smallest absolute Gasteiger partial charge is 0.131 e. The molecule has 8 nitrogen and oxygen atoms in total. The number of anilines is 1. The summed E-state index contributed by atoms with van der Waals surface area (Å²) in [6.45, 7) is 1.98. The number of nitrogens with one attached hydrogen (secondary N) is 1. The first-order valence-corrected chi connectivity index (χ1v) is 10.2. The number of ether oxygens (including phenoxy) is 2. The lowest BCUT2D eigenvalue weighted by Gasteiger charge is -2.18. The normalized spacial score (nSPS) is 25.4. The summed E-state index contributed by atoms with van der Waals surface area (Å²) in [7, 11) is 4.09. The molecular weight excluding hydrogens is 380 g/mol. The van der Waals surface area contributed by atoms with E-state index in [2.05, 4.69) is 49.8 Å². The van der Waals surface area contributed by atoms with Gasteiger partial charge in [0.25, 0.3) is 0 Å². The van der Waals surface area contributed by atoms with Gasteiger partial charge in [0.15, 0.2) is 0 Å². The molecule has 0 bridgehead atoms. The monoisotopic (exact) mass is 406 g/mol. The molecule has 8 heteroatoms. The number of rotatable bonds is 6. The van der Waals surface area contributed by atoms with Crippen LogP contribution in [0.15, 0.2) is 54.9 Å². The van der Waals surface area contributed by atoms with Gasteiger partial charge < -0.3 is 19.7 Å². The molecule has 2 aromatic heterocycles. The van der Waals surface area contributed by atoms with Crippen LogP contribution in [0.5, 0.6) is 0 Å². The second-order valence-electron chi connectivity index (χ2n) is 8.01. The fraction of sp³-hybridized carbons (Fsp3) is 0.409. The van der Waals surface area contributed by atoms with Crippen molar-refractivity contribution >= 4 is 5.69 Å². The Morgan fingerprint density at radius 1 is 1.03 bits per heavy atom. The average molecular weight is 406 g/mol. The van der Waals surface area contributed by atoms with Gasteiger partial charge in [-0.1, -0.05) is 23.4 Å². The minimum Gasteiger partial charge on any atom is -0.378 e. The molecule has 30 heavy (non-hydrogen) atoms. The standard InChI is InChI=1S/C22H26N6O2/c1-27(2)16-8-6-15(7-9-16)11-24-19-13-29-22-20(14-30-21(19)22)28-12-18(25-26-28)17-5-3-4-10-23-17/h3-10,12,19-22,24H,11,13-14H2,1-2H3/t19-,20-,21+,22+/m0/s1. The van der Waals surface area contributed by atoms with Gasteiger partial charge in [-0.3, -0.25) is 4.98 Å². The van der Waals surface area contributed by atoms with Crippen molar-refractivity contribution in [1.82, 2.24) is 25.3 Å². The largest absolute Gasteiger partial charge is 0.378 e. The van der Waals surface area contributed by atoms with Crippen LogP contribution in [0.3, 0.4) is 0 Å². The lowest BCUT2D eigenvalue weighted by Crippen LogP contribution is -2.40. The molecule has 2 fully saturated rings. The summed E-state index contributed by atoms with van der Waals surface area (Å²) in [5.41, 5.74) is 4.01. The quantitative estimate of drug-likeness (QED) is 0.670. The van der Waals surface area contributed by atoms with E-state index in [0.29, 0.717) is 13.2 Å². The third kappa shape index (κ3) is 3.69. The Bertz CT molecular complexity index is 975. The summed E-state index contributed by atoms with van der Waals surface area (Å²) in [6, 6.07) is 14.5. The molecule has 4 heterocycles. The lowest BCUT2D eigenvalue weighted by atomic mass is 10.1. The number of pyridine rings is 1. The molecule has 156 valence electrons. The molecule has 0 spiro atoms. The van der Waals surface area contributed by atoms with E-state index in [0.717, 1.165) is 17.9 Å². The Morgan fingerprint density at radius 3 is 2.63 bits per heavy atom. The Kier molecular flexibility index (Phi) is 5.20. The maximum Gasteiger partial charge on any atom is 0.131 e. The van der Waals surface area contributed by atoms with Gasteiger partial charge in [-0.25, -0.2) is 4.68 Å². The fourth-order valence-electron chi connectivity index (χ4n) is 4.11. The summed E-state index contributed by atoms with van der Waals surface area (Å²) >= 11 is 0. The van der Waals surface area contributed by atoms with E-state index in [1.165, 1.54) is 11.3 Å². The molecule has 0 radical (unpaired) electrons. The summed E-state index contributed by atoms with van der Waals surface area (Å²) in [5.74, 6) is 0. The molecule has 5 rings (SSSR count). The number of fused-ring (bicyclic) bond motifs is 1. The van der Waals surface area contributed by atoms with Gasteiger partial charge in [0, 0.05) is 32.5 Å². The van der Waals surface area contributed by atoms with Gasteiger partial charge in [-0.2, -0.15) is 0 Å². The first-order valence-electron chi connectivity index (χ1n) is 10.2. The predicted octanol–water partition coefficient (Wildman–Crippen LogP) is 1.90. The molecule has 2 saturated heterocycles. The van der Waals surface area contributed by atoms with Crippen LogP contribution in [-0.2, 0) is 16.0 Å². The van der Waals surface area contributed by atoms with Gasteiger partial charge in [0.2, 0.25) is 0 Å². The zero-order valence-corrected chi connectivity index (χ0v) is 17.2. The highest BCUT2D eigenvalue weighted by Gasteiger charge is 2.48. The molecular formula is C22H26N6O2. The van der Waals surface area contributed by atoms with Crippen LogP contribution in [0.2, 0.25) is 0 Å². The van der Waals surface area contributed by atoms with E-state index < -0.39 is 0 Å². The first kappa shape index (κ1) is 19.2. The molecule has 2 aliphatic heterocycles. The topological polar surface area (TPSA) is 77.3 Å². The van der Waals surface area contributed by atoms with Crippen LogP contribution in [0.1, 0.15) is 11.6 Å². The Hall–Kier alpha value is -2.81. The molecule has 0 saturated carbocycles. The third-order valence-electron chi connectivity index (χ3n) is 5.83. The third-order valence-corrected chi connectivity index (χ3v) is 5.83. The summed E-state index contributed by atoms with van der Waals surface area (Å²) < 4.78 is 14.1. The van der Waals surface area contributed by atoms with Crippen molar-refractivity contribution < 1.29 is 9.47 Å². The Morgan fingerprint density at radius 2 is 1.87 bits per heavy atom. The summed E-state index contributed by atoms with van der Waals surface area (Å²) in [6.07, 6.45) is 3.67. The van der Waals surface area contributed by atoms with Crippen molar-refractivity contribution in [2.45, 2.75) is 30.8 Å². The molecule has 1 aromatic carbocycles. The maximum atomic E-state index is 6.11. The molecule has 0 aliphatic carbocycles. The highest BCUT2D eigenvalue weighted by molar-refractivity contribution is 5.51. The van der Waals surface area contributed by atoms with E-state index in [-0.39, 0.29) is 24.3 Å². The molecule has 0 amide bonds. The van der Waals surface area contributed by atoms with Crippen LogP contribution in [-0.4, -0.2) is 65.5 Å². The van der Waals surface area contributed by atoms with Crippen molar-refractivity contribution in [3.8, 4) is 11.4 Å². The highest BCUT2D eigenvalue weighted by Crippen LogP contribution is 2.34. The van der Waals surface area contributed by atoms with Crippen molar-refractivity contribution in [2.24, 2.45) is 0 Å². The second kappa shape index (κ2) is 8.14. The van der Waals surface area contributed by atoms with E-state index in [1.807, 2.05) is 43.2 Å². The second-order valence-corrected chi connectivity index (χ2v) is 8.01. The van der Waals surface area contributed by atoms with E-state index >= 15 is 0 Å². The van der Waals surface area contributed by atoms with Crippen molar-refractivity contribution in [2.75, 3.05) is 32.2 Å². The average Bonchev–Trinajstić information content (AvgIpc) is 3.50. The molecule has 3 aromatic rings. The van der Waals surface area contributed by atoms with Gasteiger partial charge >= 0.3 is 0 Å². The zero-order chi connectivity index (χ0) is 20.5. The molecule has 4 atom stereocenters. The Labute approximate surface area is 175 Å². The van der Waals surface area contributed by atoms with E-state index in [4.69, 9.17) is 9.47 Å². The highest BCUT2D eigenvalue weighted by atomic mass is 16.6. The SMILES string of the molecule is CN(C)c1ccc(CN[C@H]2CO[C@H]3[C@@H]2OC[C@@H]3n2cc(-c3ccccn3)nn2)cc1. The lowest BCUT2D eigenvalue weighted by molar-refractivity contribution is 0.0620. The molecule has 2 aliphatic rings. The van der Waals surface area contributed by atoms with Crippen LogP contribution < -0.4 is 10.2 Å². The van der Waals surface area contributed by atoms with Gasteiger partial charge in [0.05, 0.1) is 31.1 Å². The number of aromatic nitrogens is 4. The fourth-order valence-corrected chi connectivity index (χ4v) is 4.11. The number of hydrogen-bond acceptors (Lipinski definition) is 7. The predicted molar refractivity (Wildman–Crippen MR) is 113 cm³/mol. The van der Waals surface area contributed by atoms with E-state index in [1.54, 1.807) is 6.20 Å². The van der Waals surface area contributed by atoms with Gasteiger partial charge in [-0.05, 0) is 29.8 Å². The minimum absolute atomic E-state index is 0.0125. The minimum atomic E-state index is -0.0306. The van der Waals surface area contributed by atoms with Crippen molar-refractivity contribution in [3.05, 3.63) is 60.4 Å². The van der Waals surface area contributed by atoms with Crippen molar-refractivity contribution in [3.63, 3.8) is 0 Å². The van der Waals surface area contributed by atoms with Crippen LogP contribution in [0.4, 0.5) is 5.69 Å². The van der Waals surface area contributed by atoms with Crippen molar-refractivity contribution in [1.29, 1.82) is 0 Å². The zero-order valence-electron chi connectivity index (χ0n) is 17.2. The van der Waals surface area contributed by atoms with Crippen LogP contribution >= 0.6 is 0 Å². The summed E-state index contributed by atoms with van der Waals surface area (Å²) in [5, 5.41) is 12.2. The number of nitrogens with zero attached hydrogens (tertiary/aromatic N) is 5. The Balaban J connectivity index is 1.21. The molecule has 0 unspecified atom stereocenters. The van der Waals surface area contributed by atoms with Crippen LogP contribution in [0, 0.1) is 0 Å².